The second kappa shape index (κ2) is 18.4. The minimum atomic E-state index is -0.205. The highest BCUT2D eigenvalue weighted by molar-refractivity contribution is 5.83. The van der Waals surface area contributed by atoms with Crippen LogP contribution in [-0.4, -0.2) is 23.8 Å². The van der Waals surface area contributed by atoms with Crippen LogP contribution < -0.4 is 4.74 Å². The lowest BCUT2D eigenvalue weighted by molar-refractivity contribution is -0.143. The first-order valence-electron chi connectivity index (χ1n) is 14.1. The minimum absolute atomic E-state index is 0.205. The number of fused-ring (bicyclic) bond motifs is 1. The van der Waals surface area contributed by atoms with Crippen LogP contribution in [0.25, 0.3) is 10.9 Å². The lowest BCUT2D eigenvalue weighted by atomic mass is 10.0. The van der Waals surface area contributed by atoms with Gasteiger partial charge in [-0.2, -0.15) is 0 Å². The van der Waals surface area contributed by atoms with E-state index in [1.807, 2.05) is 35.9 Å². The summed E-state index contributed by atoms with van der Waals surface area (Å²) in [6.07, 6.45) is 24.0. The zero-order valence-corrected chi connectivity index (χ0v) is 22.0. The monoisotopic (exact) mass is 471 g/mol. The molecule has 0 aliphatic rings. The second-order valence-corrected chi connectivity index (χ2v) is 9.62. The van der Waals surface area contributed by atoms with Gasteiger partial charge in [0.25, 0.3) is 0 Å². The molecule has 0 aliphatic heterocycles. The molecule has 0 fully saturated rings. The van der Waals surface area contributed by atoms with Gasteiger partial charge in [-0.25, -0.2) is 0 Å². The van der Waals surface area contributed by atoms with Gasteiger partial charge in [-0.05, 0) is 37.6 Å². The third-order valence-electron chi connectivity index (χ3n) is 6.61. The first-order chi connectivity index (χ1) is 16.7. The van der Waals surface area contributed by atoms with Crippen molar-refractivity contribution in [2.75, 3.05) is 13.2 Å². The molecule has 0 saturated carbocycles. The number of nitrogens with zero attached hydrogens (tertiary/aromatic N) is 1. The average Bonchev–Trinajstić information content (AvgIpc) is 3.23. The molecule has 0 spiro atoms. The molecular weight excluding hydrogens is 422 g/mol. The van der Waals surface area contributed by atoms with Crippen molar-refractivity contribution in [1.82, 2.24) is 4.57 Å². The Balaban J connectivity index is 1.43. The molecule has 0 bridgehead atoms. The number of hydrogen-bond acceptors (Lipinski definition) is 3. The van der Waals surface area contributed by atoms with Gasteiger partial charge in [0.15, 0.2) is 0 Å². The van der Waals surface area contributed by atoms with Crippen molar-refractivity contribution in [2.24, 2.45) is 0 Å². The molecule has 0 unspecified atom stereocenters. The van der Waals surface area contributed by atoms with Gasteiger partial charge < -0.3 is 14.0 Å². The van der Waals surface area contributed by atoms with Gasteiger partial charge in [-0.15, -0.1) is 0 Å². The van der Waals surface area contributed by atoms with Crippen LogP contribution >= 0.6 is 0 Å². The van der Waals surface area contributed by atoms with Crippen molar-refractivity contribution in [3.05, 3.63) is 30.5 Å². The van der Waals surface area contributed by atoms with Gasteiger partial charge in [0.1, 0.15) is 12.3 Å². The molecule has 0 N–H and O–H groups in total. The van der Waals surface area contributed by atoms with Crippen LogP contribution in [-0.2, 0) is 16.1 Å². The Morgan fingerprint density at radius 3 is 1.85 bits per heavy atom. The van der Waals surface area contributed by atoms with Crippen LogP contribution in [0.4, 0.5) is 0 Å². The highest BCUT2D eigenvalue weighted by Gasteiger charge is 2.07. The summed E-state index contributed by atoms with van der Waals surface area (Å²) in [5.74, 6) is 0.700. The van der Waals surface area contributed by atoms with Gasteiger partial charge in [-0.1, -0.05) is 103 Å². The second-order valence-electron chi connectivity index (χ2n) is 9.62. The maximum absolute atomic E-state index is 11.7. The summed E-state index contributed by atoms with van der Waals surface area (Å²) in [6.45, 7) is 5.54. The summed E-state index contributed by atoms with van der Waals surface area (Å²) >= 11 is 0. The Morgan fingerprint density at radius 1 is 0.735 bits per heavy atom. The Bertz CT molecular complexity index is 782. The fourth-order valence-electron chi connectivity index (χ4n) is 4.59. The van der Waals surface area contributed by atoms with E-state index in [9.17, 15) is 4.79 Å². The van der Waals surface area contributed by atoms with Crippen molar-refractivity contribution in [3.8, 4) is 5.75 Å². The molecule has 0 radical (unpaired) electrons. The molecule has 1 heterocycles. The van der Waals surface area contributed by atoms with E-state index in [4.69, 9.17) is 9.47 Å². The predicted octanol–water partition coefficient (Wildman–Crippen LogP) is 8.84. The molecule has 192 valence electrons. The highest BCUT2D eigenvalue weighted by Crippen LogP contribution is 2.22. The molecule has 4 heteroatoms. The van der Waals surface area contributed by atoms with Crippen LogP contribution in [0.1, 0.15) is 117 Å². The quantitative estimate of drug-likeness (QED) is 0.135. The summed E-state index contributed by atoms with van der Waals surface area (Å²) in [6, 6.07) is 8.10. The number of hydrogen-bond donors (Lipinski definition) is 0. The summed E-state index contributed by atoms with van der Waals surface area (Å²) < 4.78 is 12.9. The van der Waals surface area contributed by atoms with Crippen molar-refractivity contribution in [3.63, 3.8) is 0 Å². The van der Waals surface area contributed by atoms with E-state index in [1.165, 1.54) is 96.3 Å². The van der Waals surface area contributed by atoms with Gasteiger partial charge in [0, 0.05) is 17.1 Å². The van der Waals surface area contributed by atoms with Crippen LogP contribution in [0.15, 0.2) is 30.5 Å². The number of esters is 1. The molecule has 4 nitrogen and oxygen atoms in total. The maximum atomic E-state index is 11.7. The Kier molecular flexibility index (Phi) is 15.3. The summed E-state index contributed by atoms with van der Waals surface area (Å²) in [7, 11) is 0. The molecule has 0 atom stereocenters. The number of benzene rings is 1. The molecule has 0 aliphatic carbocycles. The molecule has 0 amide bonds. The first kappa shape index (κ1) is 28.3. The largest absolute Gasteiger partial charge is 0.494 e. The number of ether oxygens (including phenoxy) is 2. The number of carbonyl (C=O) groups excluding carboxylic acids is 1. The molecule has 2 rings (SSSR count). The zero-order chi connectivity index (χ0) is 24.3. The molecule has 34 heavy (non-hydrogen) atoms. The smallest absolute Gasteiger partial charge is 0.325 e. The fourth-order valence-corrected chi connectivity index (χ4v) is 4.59. The van der Waals surface area contributed by atoms with Crippen molar-refractivity contribution in [2.45, 2.75) is 123 Å². The third-order valence-corrected chi connectivity index (χ3v) is 6.61. The van der Waals surface area contributed by atoms with E-state index >= 15 is 0 Å². The van der Waals surface area contributed by atoms with E-state index in [-0.39, 0.29) is 12.5 Å². The van der Waals surface area contributed by atoms with Gasteiger partial charge >= 0.3 is 5.97 Å². The Hall–Kier alpha value is -1.97. The number of carbonyl (C=O) groups is 1. The van der Waals surface area contributed by atoms with Gasteiger partial charge in [0.2, 0.25) is 0 Å². The van der Waals surface area contributed by atoms with E-state index in [1.54, 1.807) is 0 Å². The number of aromatic nitrogens is 1. The van der Waals surface area contributed by atoms with E-state index in [0.29, 0.717) is 6.61 Å². The third kappa shape index (κ3) is 11.9. The SMILES string of the molecule is CCCCCCCCCCCCCCCCCCOc1ccc2c(ccn2CC(=O)OCC)c1. The minimum Gasteiger partial charge on any atom is -0.494 e. The normalized spacial score (nSPS) is 11.2. The lowest BCUT2D eigenvalue weighted by Crippen LogP contribution is -2.12. The molecule has 1 aromatic carbocycles. The lowest BCUT2D eigenvalue weighted by Gasteiger charge is -2.08. The van der Waals surface area contributed by atoms with E-state index in [0.717, 1.165) is 29.7 Å². The van der Waals surface area contributed by atoms with Crippen molar-refractivity contribution >= 4 is 16.9 Å². The average molecular weight is 472 g/mol. The molecule has 0 saturated heterocycles. The Morgan fingerprint density at radius 2 is 1.29 bits per heavy atom. The van der Waals surface area contributed by atoms with Gasteiger partial charge in [-0.3, -0.25) is 4.79 Å². The predicted molar refractivity (Wildman–Crippen MR) is 144 cm³/mol. The highest BCUT2D eigenvalue weighted by atomic mass is 16.5. The van der Waals surface area contributed by atoms with E-state index < -0.39 is 0 Å². The topological polar surface area (TPSA) is 40.5 Å². The molecule has 2 aromatic rings. The Labute approximate surface area is 208 Å². The fraction of sp³-hybridized carbons (Fsp3) is 0.700. The zero-order valence-electron chi connectivity index (χ0n) is 22.0. The van der Waals surface area contributed by atoms with Gasteiger partial charge in [0.05, 0.1) is 13.2 Å². The standard InChI is InChI=1S/C30H49NO3/c1-3-5-6-7-8-9-10-11-12-13-14-15-16-17-18-19-24-34-28-20-21-29-27(25-28)22-23-31(29)26-30(32)33-4-2/h20-23,25H,3-19,24,26H2,1-2H3. The first-order valence-corrected chi connectivity index (χ1v) is 14.1. The van der Waals surface area contributed by atoms with Crippen LogP contribution in [0, 0.1) is 0 Å². The van der Waals surface area contributed by atoms with Crippen molar-refractivity contribution in [1.29, 1.82) is 0 Å². The van der Waals surface area contributed by atoms with Crippen molar-refractivity contribution < 1.29 is 14.3 Å². The summed E-state index contributed by atoms with van der Waals surface area (Å²) in [5, 5.41) is 1.09. The molecular formula is C30H49NO3. The number of unbranched alkanes of at least 4 members (excludes halogenated alkanes) is 15. The molecule has 1 aromatic heterocycles. The van der Waals surface area contributed by atoms with Crippen LogP contribution in [0.5, 0.6) is 5.75 Å². The summed E-state index contributed by atoms with van der Waals surface area (Å²) in [4.78, 5) is 11.7. The number of rotatable bonds is 21. The van der Waals surface area contributed by atoms with Crippen LogP contribution in [0.2, 0.25) is 0 Å². The summed E-state index contributed by atoms with van der Waals surface area (Å²) in [5.41, 5.74) is 1.03. The van der Waals surface area contributed by atoms with E-state index in [2.05, 4.69) is 13.0 Å². The van der Waals surface area contributed by atoms with Crippen LogP contribution in [0.3, 0.4) is 0 Å². The maximum Gasteiger partial charge on any atom is 0.325 e.